The van der Waals surface area contributed by atoms with Crippen LogP contribution >= 0.6 is 0 Å². The van der Waals surface area contributed by atoms with Crippen molar-refractivity contribution in [3.63, 3.8) is 0 Å². The van der Waals surface area contributed by atoms with Crippen molar-refractivity contribution in [1.29, 1.82) is 0 Å². The summed E-state index contributed by atoms with van der Waals surface area (Å²) in [6, 6.07) is 9.90. The number of aromatic nitrogens is 1. The van der Waals surface area contributed by atoms with E-state index in [0.29, 0.717) is 75.9 Å². The van der Waals surface area contributed by atoms with Crippen LogP contribution in [-0.4, -0.2) is 90.3 Å². The van der Waals surface area contributed by atoms with E-state index in [9.17, 15) is 34.2 Å². The molecule has 0 aliphatic carbocycles. The second kappa shape index (κ2) is 19.3. The number of aromatic hydroxyl groups is 2. The summed E-state index contributed by atoms with van der Waals surface area (Å²) in [4.78, 5) is 67.6. The highest BCUT2D eigenvalue weighted by atomic mass is 16.5. The fourth-order valence-electron chi connectivity index (χ4n) is 8.69. The maximum absolute atomic E-state index is 13.8. The van der Waals surface area contributed by atoms with Gasteiger partial charge in [0.25, 0.3) is 5.56 Å². The Hall–Kier alpha value is -5.79. The first-order valence-electron chi connectivity index (χ1n) is 20.4. The molecule has 0 saturated carbocycles. The Balaban J connectivity index is 1.24. The van der Waals surface area contributed by atoms with Crippen LogP contribution in [0, 0.1) is 5.92 Å². The third-order valence-corrected chi connectivity index (χ3v) is 11.6. The molecule has 14 heteroatoms. The lowest BCUT2D eigenvalue weighted by molar-refractivity contribution is -0.134. The standard InChI is InChI=1S/C45H55N3O11/c1-27-11-8-14-32(49)13-7-5-6-12-29-20-35(50)42(43(54)41(29)45(55)59-27)33(30-21-36(56-2)44(58-4)37(22-30)57-3)23-38(51)46-18-10-17-39(52)47-24-28-19-31(26-47)34-15-9-16-40(53)48(34)25-28/h6,9,12,15-16,20-22,27-28,31,33,50,54H,5,7-8,10-11,13-14,17-19,23-26H2,1-4H3,(H,46,51). The molecule has 2 amide bonds. The van der Waals surface area contributed by atoms with Gasteiger partial charge in [-0.3, -0.25) is 19.2 Å². The van der Waals surface area contributed by atoms with Crippen LogP contribution in [0.2, 0.25) is 0 Å². The summed E-state index contributed by atoms with van der Waals surface area (Å²) in [7, 11) is 4.35. The van der Waals surface area contributed by atoms with Crippen molar-refractivity contribution in [1.82, 2.24) is 14.8 Å². The molecule has 14 nitrogen and oxygen atoms in total. The Morgan fingerprint density at radius 1 is 0.966 bits per heavy atom. The number of rotatable bonds is 11. The minimum absolute atomic E-state index is 0.0139. The molecule has 2 aromatic carbocycles. The number of nitrogens with one attached hydrogen (secondary N) is 1. The number of phenolic OH excluding ortho intramolecular Hbond substituents is 2. The number of carbonyl (C=O) groups excluding carboxylic acids is 4. The summed E-state index contributed by atoms with van der Waals surface area (Å²) >= 11 is 0. The van der Waals surface area contributed by atoms with Crippen LogP contribution in [0.3, 0.4) is 0 Å². The number of likely N-dealkylation sites (tertiary alicyclic amines) is 1. The molecule has 59 heavy (non-hydrogen) atoms. The molecule has 6 rings (SSSR count). The van der Waals surface area contributed by atoms with Gasteiger partial charge in [-0.05, 0) is 86.8 Å². The summed E-state index contributed by atoms with van der Waals surface area (Å²) < 4.78 is 24.3. The van der Waals surface area contributed by atoms with Crippen LogP contribution < -0.4 is 25.1 Å². The van der Waals surface area contributed by atoms with Gasteiger partial charge in [-0.25, -0.2) is 4.79 Å². The number of carbonyl (C=O) groups is 4. The lowest BCUT2D eigenvalue weighted by atomic mass is 9.83. The first-order valence-corrected chi connectivity index (χ1v) is 20.4. The zero-order chi connectivity index (χ0) is 42.2. The maximum atomic E-state index is 13.8. The number of hydrogen-bond acceptors (Lipinski definition) is 11. The van der Waals surface area contributed by atoms with E-state index in [2.05, 4.69) is 5.32 Å². The lowest BCUT2D eigenvalue weighted by Gasteiger charge is -2.42. The van der Waals surface area contributed by atoms with Gasteiger partial charge in [0.05, 0.1) is 27.4 Å². The van der Waals surface area contributed by atoms with E-state index in [-0.39, 0.29) is 82.4 Å². The number of cyclic esters (lactones) is 1. The van der Waals surface area contributed by atoms with Gasteiger partial charge in [0, 0.05) is 81.0 Å². The van der Waals surface area contributed by atoms with E-state index in [4.69, 9.17) is 18.9 Å². The number of pyridine rings is 1. The van der Waals surface area contributed by atoms with Gasteiger partial charge in [-0.2, -0.15) is 0 Å². The highest BCUT2D eigenvalue weighted by Gasteiger charge is 2.36. The lowest BCUT2D eigenvalue weighted by Crippen LogP contribution is -2.49. The Labute approximate surface area is 344 Å². The number of esters is 1. The quantitative estimate of drug-likeness (QED) is 0.156. The third-order valence-electron chi connectivity index (χ3n) is 11.6. The number of nitrogens with zero attached hydrogens (tertiary/aromatic N) is 2. The summed E-state index contributed by atoms with van der Waals surface area (Å²) in [5.74, 6) is -1.91. The van der Waals surface area contributed by atoms with Crippen LogP contribution in [0.1, 0.15) is 116 Å². The maximum Gasteiger partial charge on any atom is 0.342 e. The molecule has 1 fully saturated rings. The van der Waals surface area contributed by atoms with Gasteiger partial charge in [0.15, 0.2) is 11.5 Å². The molecule has 3 aromatic rings. The van der Waals surface area contributed by atoms with E-state index < -0.39 is 29.6 Å². The van der Waals surface area contributed by atoms with Crippen LogP contribution in [-0.2, 0) is 25.7 Å². The summed E-state index contributed by atoms with van der Waals surface area (Å²) in [6.07, 6.45) is 7.04. The van der Waals surface area contributed by atoms with Gasteiger partial charge in [-0.15, -0.1) is 0 Å². The molecule has 2 bridgehead atoms. The molecule has 1 aromatic heterocycles. The van der Waals surface area contributed by atoms with Crippen molar-refractivity contribution >= 4 is 29.6 Å². The van der Waals surface area contributed by atoms with Crippen LogP contribution in [0.15, 0.2) is 47.3 Å². The van der Waals surface area contributed by atoms with Crippen molar-refractivity contribution in [2.75, 3.05) is 41.0 Å². The topological polar surface area (TPSA) is 183 Å². The van der Waals surface area contributed by atoms with Crippen LogP contribution in [0.25, 0.3) is 6.08 Å². The first-order chi connectivity index (χ1) is 28.4. The number of hydrogen-bond donors (Lipinski definition) is 3. The Morgan fingerprint density at radius 3 is 2.44 bits per heavy atom. The minimum atomic E-state index is -1.04. The SMILES string of the molecule is COc1cc(C(CC(=O)NCCCC(=O)N2CC3CC(C2)c2cccc(=O)n2C3)c2c(O)cc3c(c2O)C(=O)OC(C)CCCC(=O)CCCC=C3)cc(OC)c1OC. The summed E-state index contributed by atoms with van der Waals surface area (Å²) in [6.45, 7) is 3.62. The second-order valence-electron chi connectivity index (χ2n) is 15.7. The average Bonchev–Trinajstić information content (AvgIpc) is 3.21. The van der Waals surface area contributed by atoms with Crippen LogP contribution in [0.4, 0.5) is 0 Å². The summed E-state index contributed by atoms with van der Waals surface area (Å²) in [5.41, 5.74) is 1.34. The molecule has 316 valence electrons. The molecule has 4 atom stereocenters. The number of phenols is 2. The molecule has 4 heterocycles. The first kappa shape index (κ1) is 42.8. The highest BCUT2D eigenvalue weighted by Crippen LogP contribution is 2.48. The molecular weight excluding hydrogens is 759 g/mol. The number of ketones is 1. The van der Waals surface area contributed by atoms with E-state index in [1.807, 2.05) is 15.5 Å². The van der Waals surface area contributed by atoms with Gasteiger partial charge < -0.3 is 43.9 Å². The number of allylic oxidation sites excluding steroid dienone is 1. The number of amides is 2. The third kappa shape index (κ3) is 9.92. The smallest absolute Gasteiger partial charge is 0.342 e. The normalized spacial score (nSPS) is 20.0. The molecule has 3 N–H and O–H groups in total. The number of ether oxygens (including phenoxy) is 4. The van der Waals surface area contributed by atoms with Crippen molar-refractivity contribution in [2.45, 2.75) is 95.6 Å². The average molecular weight is 814 g/mol. The Morgan fingerprint density at radius 2 is 1.71 bits per heavy atom. The van der Waals surface area contributed by atoms with Gasteiger partial charge in [0.1, 0.15) is 22.8 Å². The number of piperidine rings is 1. The molecule has 3 aliphatic heterocycles. The Kier molecular flexibility index (Phi) is 14.0. The Bertz CT molecular complexity index is 2120. The van der Waals surface area contributed by atoms with E-state index in [1.165, 1.54) is 27.4 Å². The minimum Gasteiger partial charge on any atom is -0.507 e. The number of fused-ring (bicyclic) bond motifs is 5. The zero-order valence-corrected chi connectivity index (χ0v) is 34.3. The molecule has 3 aliphatic rings. The summed E-state index contributed by atoms with van der Waals surface area (Å²) in [5, 5.41) is 26.6. The largest absolute Gasteiger partial charge is 0.507 e. The highest BCUT2D eigenvalue weighted by molar-refractivity contribution is 5.98. The fraction of sp³-hybridized carbons (Fsp3) is 0.489. The van der Waals surface area contributed by atoms with E-state index in [1.54, 1.807) is 43.3 Å². The van der Waals surface area contributed by atoms with Gasteiger partial charge in [0.2, 0.25) is 17.6 Å². The van der Waals surface area contributed by atoms with Crippen molar-refractivity contribution in [2.24, 2.45) is 5.92 Å². The van der Waals surface area contributed by atoms with Crippen molar-refractivity contribution < 1.29 is 48.3 Å². The molecule has 4 unspecified atom stereocenters. The monoisotopic (exact) mass is 813 g/mol. The second-order valence-corrected chi connectivity index (χ2v) is 15.7. The number of methoxy groups -OCH3 is 3. The molecule has 0 radical (unpaired) electrons. The predicted molar refractivity (Wildman–Crippen MR) is 219 cm³/mol. The zero-order valence-electron chi connectivity index (χ0n) is 34.3. The van der Waals surface area contributed by atoms with Crippen molar-refractivity contribution in [3.05, 3.63) is 80.8 Å². The van der Waals surface area contributed by atoms with E-state index in [0.717, 1.165) is 12.1 Å². The number of benzene rings is 2. The van der Waals surface area contributed by atoms with Gasteiger partial charge in [-0.1, -0.05) is 18.2 Å². The molecular formula is C45H55N3O11. The fourth-order valence-corrected chi connectivity index (χ4v) is 8.69. The van der Waals surface area contributed by atoms with Crippen molar-refractivity contribution in [3.8, 4) is 28.7 Å². The molecule has 1 saturated heterocycles. The van der Waals surface area contributed by atoms with Gasteiger partial charge >= 0.3 is 5.97 Å². The molecule has 0 spiro atoms. The number of Topliss-reactive ketones (excluding diaryl/α,β-unsaturated/α-hetero) is 1. The predicted octanol–water partition coefficient (Wildman–Crippen LogP) is 5.83. The van der Waals surface area contributed by atoms with E-state index >= 15 is 0 Å². The van der Waals surface area contributed by atoms with Crippen LogP contribution in [0.5, 0.6) is 28.7 Å².